The van der Waals surface area contributed by atoms with Gasteiger partial charge in [-0.05, 0) is 36.0 Å². The molecule has 0 aliphatic heterocycles. The topological polar surface area (TPSA) is 38.0 Å². The van der Waals surface area contributed by atoms with Crippen LogP contribution in [0.25, 0.3) is 0 Å². The van der Waals surface area contributed by atoms with Crippen LogP contribution in [-0.2, 0) is 0 Å². The summed E-state index contributed by atoms with van der Waals surface area (Å²) in [5.41, 5.74) is 4.11. The molecule has 96 valence electrons. The van der Waals surface area contributed by atoms with Crippen molar-refractivity contribution in [3.05, 3.63) is 33.8 Å². The number of hydrazine groups is 1. The van der Waals surface area contributed by atoms with Crippen molar-refractivity contribution < 1.29 is 0 Å². The highest BCUT2D eigenvalue weighted by Crippen LogP contribution is 2.31. The predicted octanol–water partition coefficient (Wildman–Crippen LogP) is 4.32. The van der Waals surface area contributed by atoms with Crippen molar-refractivity contribution in [2.24, 2.45) is 11.3 Å². The van der Waals surface area contributed by atoms with Gasteiger partial charge in [0.2, 0.25) is 0 Å². The van der Waals surface area contributed by atoms with Crippen molar-refractivity contribution in [2.45, 2.75) is 39.7 Å². The molecule has 1 unspecified atom stereocenters. The maximum absolute atomic E-state index is 6.17. The highest BCUT2D eigenvalue weighted by molar-refractivity contribution is 6.35. The van der Waals surface area contributed by atoms with Crippen LogP contribution in [0.2, 0.25) is 10.0 Å². The zero-order valence-corrected chi connectivity index (χ0v) is 12.1. The number of hydrogen-bond acceptors (Lipinski definition) is 2. The van der Waals surface area contributed by atoms with Crippen LogP contribution < -0.4 is 11.3 Å². The van der Waals surface area contributed by atoms with E-state index in [2.05, 4.69) is 26.2 Å². The minimum Gasteiger partial charge on any atom is -0.271 e. The number of nitrogens with one attached hydrogen (secondary N) is 1. The molecule has 0 radical (unpaired) electrons. The first kappa shape index (κ1) is 14.8. The molecule has 0 saturated carbocycles. The SMILES string of the molecule is CC(C)(C)CCC(NN)c1ccc(Cl)cc1Cl. The Balaban J connectivity index is 2.79. The number of nitrogens with two attached hydrogens (primary N) is 1. The number of rotatable bonds is 4. The highest BCUT2D eigenvalue weighted by Gasteiger charge is 2.17. The summed E-state index contributed by atoms with van der Waals surface area (Å²) in [6.07, 6.45) is 2.02. The maximum atomic E-state index is 6.17. The Morgan fingerprint density at radius 2 is 1.94 bits per heavy atom. The summed E-state index contributed by atoms with van der Waals surface area (Å²) in [6, 6.07) is 5.58. The van der Waals surface area contributed by atoms with E-state index >= 15 is 0 Å². The summed E-state index contributed by atoms with van der Waals surface area (Å²) in [4.78, 5) is 0. The number of halogens is 2. The van der Waals surface area contributed by atoms with Gasteiger partial charge in [0.05, 0.1) is 0 Å². The van der Waals surface area contributed by atoms with Crippen molar-refractivity contribution in [1.82, 2.24) is 5.43 Å². The molecule has 0 bridgehead atoms. The Hall–Kier alpha value is -0.280. The van der Waals surface area contributed by atoms with Gasteiger partial charge in [-0.3, -0.25) is 11.3 Å². The summed E-state index contributed by atoms with van der Waals surface area (Å²) >= 11 is 12.1. The standard InChI is InChI=1S/C13H20Cl2N2/c1-13(2,3)7-6-12(17-16)10-5-4-9(14)8-11(10)15/h4-5,8,12,17H,6-7,16H2,1-3H3. The zero-order valence-electron chi connectivity index (χ0n) is 10.6. The lowest BCUT2D eigenvalue weighted by atomic mass is 9.87. The van der Waals surface area contributed by atoms with E-state index in [0.29, 0.717) is 10.0 Å². The van der Waals surface area contributed by atoms with Crippen LogP contribution >= 0.6 is 23.2 Å². The fraction of sp³-hybridized carbons (Fsp3) is 0.538. The summed E-state index contributed by atoms with van der Waals surface area (Å²) in [5, 5.41) is 1.31. The smallest absolute Gasteiger partial charge is 0.0474 e. The fourth-order valence-corrected chi connectivity index (χ4v) is 2.23. The summed E-state index contributed by atoms with van der Waals surface area (Å²) in [5.74, 6) is 5.60. The second-order valence-electron chi connectivity index (χ2n) is 5.48. The van der Waals surface area contributed by atoms with Crippen LogP contribution in [0.1, 0.15) is 45.2 Å². The zero-order chi connectivity index (χ0) is 13.1. The van der Waals surface area contributed by atoms with Gasteiger partial charge in [-0.15, -0.1) is 0 Å². The minimum atomic E-state index is 0.0685. The lowest BCUT2D eigenvalue weighted by Gasteiger charge is -2.23. The van der Waals surface area contributed by atoms with Gasteiger partial charge in [0.15, 0.2) is 0 Å². The molecule has 3 N–H and O–H groups in total. The van der Waals surface area contributed by atoms with Gasteiger partial charge in [0.25, 0.3) is 0 Å². The maximum Gasteiger partial charge on any atom is 0.0474 e. The van der Waals surface area contributed by atoms with Crippen molar-refractivity contribution in [2.75, 3.05) is 0 Å². The Morgan fingerprint density at radius 3 is 2.41 bits per heavy atom. The van der Waals surface area contributed by atoms with Crippen molar-refractivity contribution in [3.63, 3.8) is 0 Å². The van der Waals surface area contributed by atoms with E-state index < -0.39 is 0 Å². The second-order valence-corrected chi connectivity index (χ2v) is 6.33. The quantitative estimate of drug-likeness (QED) is 0.634. The van der Waals surface area contributed by atoms with E-state index in [1.54, 1.807) is 6.07 Å². The number of hydrogen-bond donors (Lipinski definition) is 2. The van der Waals surface area contributed by atoms with E-state index in [0.717, 1.165) is 18.4 Å². The Morgan fingerprint density at radius 1 is 1.29 bits per heavy atom. The average molecular weight is 275 g/mol. The third kappa shape index (κ3) is 4.84. The molecule has 4 heteroatoms. The molecule has 0 aromatic heterocycles. The molecule has 2 nitrogen and oxygen atoms in total. The molecule has 1 aromatic carbocycles. The molecule has 0 heterocycles. The van der Waals surface area contributed by atoms with E-state index in [9.17, 15) is 0 Å². The second kappa shape index (κ2) is 6.05. The first-order valence-electron chi connectivity index (χ1n) is 5.74. The van der Waals surface area contributed by atoms with Crippen molar-refractivity contribution in [1.29, 1.82) is 0 Å². The molecule has 0 fully saturated rings. The predicted molar refractivity (Wildman–Crippen MR) is 75.2 cm³/mol. The van der Waals surface area contributed by atoms with E-state index in [4.69, 9.17) is 29.0 Å². The fourth-order valence-electron chi connectivity index (χ4n) is 1.69. The Labute approximate surface area is 113 Å². The molecule has 0 saturated heterocycles. The van der Waals surface area contributed by atoms with Gasteiger partial charge in [0.1, 0.15) is 0 Å². The van der Waals surface area contributed by atoms with Gasteiger partial charge in [0, 0.05) is 16.1 Å². The van der Waals surface area contributed by atoms with Gasteiger partial charge < -0.3 is 0 Å². The van der Waals surface area contributed by atoms with E-state index in [-0.39, 0.29) is 11.5 Å². The normalized spacial score (nSPS) is 13.8. The van der Waals surface area contributed by atoms with Gasteiger partial charge >= 0.3 is 0 Å². The van der Waals surface area contributed by atoms with Crippen LogP contribution in [-0.4, -0.2) is 0 Å². The molecule has 0 aliphatic rings. The monoisotopic (exact) mass is 274 g/mol. The minimum absolute atomic E-state index is 0.0685. The highest BCUT2D eigenvalue weighted by atomic mass is 35.5. The first-order chi connectivity index (χ1) is 7.83. The van der Waals surface area contributed by atoms with Crippen LogP contribution in [0, 0.1) is 5.41 Å². The van der Waals surface area contributed by atoms with Crippen LogP contribution in [0.5, 0.6) is 0 Å². The van der Waals surface area contributed by atoms with Gasteiger partial charge in [-0.1, -0.05) is 50.0 Å². The van der Waals surface area contributed by atoms with E-state index in [1.807, 2.05) is 12.1 Å². The third-order valence-corrected chi connectivity index (χ3v) is 3.28. The Bertz CT molecular complexity index is 372. The third-order valence-electron chi connectivity index (χ3n) is 2.72. The molecule has 1 aromatic rings. The molecular formula is C13H20Cl2N2. The first-order valence-corrected chi connectivity index (χ1v) is 6.50. The van der Waals surface area contributed by atoms with Crippen LogP contribution in [0.15, 0.2) is 18.2 Å². The van der Waals surface area contributed by atoms with Gasteiger partial charge in [-0.2, -0.15) is 0 Å². The summed E-state index contributed by atoms with van der Waals surface area (Å²) < 4.78 is 0. The van der Waals surface area contributed by atoms with Crippen molar-refractivity contribution >= 4 is 23.2 Å². The Kier molecular flexibility index (Phi) is 5.26. The summed E-state index contributed by atoms with van der Waals surface area (Å²) in [6.45, 7) is 6.64. The lowest BCUT2D eigenvalue weighted by Crippen LogP contribution is -2.29. The molecule has 17 heavy (non-hydrogen) atoms. The molecule has 0 spiro atoms. The summed E-state index contributed by atoms with van der Waals surface area (Å²) in [7, 11) is 0. The molecule has 0 aliphatic carbocycles. The molecular weight excluding hydrogens is 255 g/mol. The molecule has 1 rings (SSSR count). The molecule has 0 amide bonds. The van der Waals surface area contributed by atoms with Gasteiger partial charge in [-0.25, -0.2) is 0 Å². The molecule has 1 atom stereocenters. The van der Waals surface area contributed by atoms with Crippen molar-refractivity contribution in [3.8, 4) is 0 Å². The average Bonchev–Trinajstić information content (AvgIpc) is 2.19. The van der Waals surface area contributed by atoms with E-state index in [1.165, 1.54) is 0 Å². The van der Waals surface area contributed by atoms with Crippen LogP contribution in [0.3, 0.4) is 0 Å². The lowest BCUT2D eigenvalue weighted by molar-refractivity contribution is 0.333. The largest absolute Gasteiger partial charge is 0.271 e. The van der Waals surface area contributed by atoms with Crippen LogP contribution in [0.4, 0.5) is 0 Å². The number of benzene rings is 1.